The van der Waals surface area contributed by atoms with Crippen LogP contribution in [0.1, 0.15) is 30.0 Å². The van der Waals surface area contributed by atoms with Crippen LogP contribution in [-0.2, 0) is 13.0 Å². The molecule has 4 heteroatoms. The van der Waals surface area contributed by atoms with E-state index in [0.717, 1.165) is 12.8 Å². The smallest absolute Gasteiger partial charge is 0.130 e. The van der Waals surface area contributed by atoms with E-state index in [1.54, 1.807) is 12.1 Å². The largest absolute Gasteiger partial charge is 0.489 e. The van der Waals surface area contributed by atoms with Gasteiger partial charge in [-0.2, -0.15) is 0 Å². The molecule has 0 heterocycles. The fourth-order valence-corrected chi connectivity index (χ4v) is 2.03. The molecule has 0 amide bonds. The van der Waals surface area contributed by atoms with E-state index in [4.69, 9.17) is 15.9 Å². The normalized spacial score (nSPS) is 10.4. The second-order valence-electron chi connectivity index (χ2n) is 4.90. The van der Waals surface area contributed by atoms with Gasteiger partial charge in [0.05, 0.1) is 0 Å². The first-order valence-electron chi connectivity index (χ1n) is 6.94. The molecule has 3 nitrogen and oxygen atoms in total. The van der Waals surface area contributed by atoms with Crippen molar-refractivity contribution in [2.45, 2.75) is 26.4 Å². The van der Waals surface area contributed by atoms with Gasteiger partial charge in [-0.3, -0.25) is 5.41 Å². The van der Waals surface area contributed by atoms with Crippen molar-refractivity contribution in [3.05, 3.63) is 65.0 Å². The molecule has 0 bridgehead atoms. The monoisotopic (exact) mass is 286 g/mol. The summed E-state index contributed by atoms with van der Waals surface area (Å²) in [6.07, 6.45) is 2.15. The van der Waals surface area contributed by atoms with Crippen molar-refractivity contribution in [3.8, 4) is 5.75 Å². The van der Waals surface area contributed by atoms with Gasteiger partial charge in [0, 0.05) is 11.1 Å². The zero-order chi connectivity index (χ0) is 15.2. The fourth-order valence-electron chi connectivity index (χ4n) is 2.03. The molecule has 0 unspecified atom stereocenters. The number of hydrogen-bond donors (Lipinski definition) is 2. The van der Waals surface area contributed by atoms with Crippen LogP contribution in [0, 0.1) is 11.2 Å². The van der Waals surface area contributed by atoms with Crippen LogP contribution in [0.25, 0.3) is 0 Å². The number of hydrogen-bond acceptors (Lipinski definition) is 2. The summed E-state index contributed by atoms with van der Waals surface area (Å²) in [7, 11) is 0. The summed E-state index contributed by atoms with van der Waals surface area (Å²) in [5, 5.41) is 7.27. The molecule has 0 aliphatic carbocycles. The number of amidine groups is 1. The van der Waals surface area contributed by atoms with Crippen molar-refractivity contribution in [2.24, 2.45) is 5.73 Å². The summed E-state index contributed by atoms with van der Waals surface area (Å²) < 4.78 is 19.4. The molecule has 0 saturated carbocycles. The van der Waals surface area contributed by atoms with E-state index in [1.165, 1.54) is 11.6 Å². The third-order valence-corrected chi connectivity index (χ3v) is 3.22. The van der Waals surface area contributed by atoms with E-state index >= 15 is 0 Å². The van der Waals surface area contributed by atoms with Gasteiger partial charge in [0.2, 0.25) is 0 Å². The topological polar surface area (TPSA) is 59.1 Å². The zero-order valence-corrected chi connectivity index (χ0v) is 12.0. The highest BCUT2D eigenvalue weighted by Crippen LogP contribution is 2.17. The summed E-state index contributed by atoms with van der Waals surface area (Å²) in [5.41, 5.74) is 7.40. The standard InChI is InChI=1S/C17H19FN2O/c1-2-3-12-4-8-15(9-5-12)21-11-14-7-6-13(17(19)20)10-16(14)18/h4-10H,2-3,11H2,1H3,(H3,19,20). The Balaban J connectivity index is 2.01. The highest BCUT2D eigenvalue weighted by Gasteiger charge is 2.06. The Kier molecular flexibility index (Phi) is 4.93. The van der Waals surface area contributed by atoms with Crippen molar-refractivity contribution in [1.29, 1.82) is 5.41 Å². The van der Waals surface area contributed by atoms with Crippen LogP contribution in [0.2, 0.25) is 0 Å². The molecular formula is C17H19FN2O. The van der Waals surface area contributed by atoms with E-state index in [0.29, 0.717) is 16.9 Å². The number of nitrogens with one attached hydrogen (secondary N) is 1. The first kappa shape index (κ1) is 15.0. The molecule has 0 fully saturated rings. The maximum Gasteiger partial charge on any atom is 0.130 e. The maximum absolute atomic E-state index is 13.8. The van der Waals surface area contributed by atoms with E-state index < -0.39 is 5.82 Å². The van der Waals surface area contributed by atoms with Gasteiger partial charge in [-0.1, -0.05) is 37.6 Å². The minimum atomic E-state index is -0.412. The molecule has 0 radical (unpaired) electrons. The van der Waals surface area contributed by atoms with Gasteiger partial charge in [0.25, 0.3) is 0 Å². The molecule has 110 valence electrons. The van der Waals surface area contributed by atoms with Gasteiger partial charge in [-0.25, -0.2) is 4.39 Å². The van der Waals surface area contributed by atoms with Crippen LogP contribution in [0.5, 0.6) is 5.75 Å². The third-order valence-electron chi connectivity index (χ3n) is 3.22. The van der Waals surface area contributed by atoms with Crippen molar-refractivity contribution in [3.63, 3.8) is 0 Å². The molecule has 0 atom stereocenters. The number of benzene rings is 2. The first-order valence-corrected chi connectivity index (χ1v) is 6.94. The second kappa shape index (κ2) is 6.88. The Morgan fingerprint density at radius 2 is 1.90 bits per heavy atom. The highest BCUT2D eigenvalue weighted by atomic mass is 19.1. The Hall–Kier alpha value is -2.36. The predicted molar refractivity (Wildman–Crippen MR) is 82.2 cm³/mol. The van der Waals surface area contributed by atoms with E-state index in [2.05, 4.69) is 6.92 Å². The molecule has 21 heavy (non-hydrogen) atoms. The van der Waals surface area contributed by atoms with Crippen molar-refractivity contribution in [1.82, 2.24) is 0 Å². The molecule has 0 aromatic heterocycles. The number of nitrogens with two attached hydrogens (primary N) is 1. The van der Waals surface area contributed by atoms with E-state index in [1.807, 2.05) is 24.3 Å². The zero-order valence-electron chi connectivity index (χ0n) is 12.0. The average Bonchev–Trinajstić information content (AvgIpc) is 2.47. The quantitative estimate of drug-likeness (QED) is 0.629. The van der Waals surface area contributed by atoms with E-state index in [-0.39, 0.29) is 12.4 Å². The second-order valence-corrected chi connectivity index (χ2v) is 4.90. The highest BCUT2D eigenvalue weighted by molar-refractivity contribution is 5.94. The van der Waals surface area contributed by atoms with Crippen molar-refractivity contribution < 1.29 is 9.13 Å². The van der Waals surface area contributed by atoms with Crippen LogP contribution in [-0.4, -0.2) is 5.84 Å². The van der Waals surface area contributed by atoms with Gasteiger partial charge in [0.15, 0.2) is 0 Å². The minimum absolute atomic E-state index is 0.145. The molecule has 2 aromatic rings. The van der Waals surface area contributed by atoms with Crippen LogP contribution >= 0.6 is 0 Å². The van der Waals surface area contributed by atoms with Crippen molar-refractivity contribution >= 4 is 5.84 Å². The third kappa shape index (κ3) is 4.05. The Labute approximate surface area is 124 Å². The van der Waals surface area contributed by atoms with E-state index in [9.17, 15) is 4.39 Å². The molecule has 0 saturated heterocycles. The molecule has 3 N–H and O–H groups in total. The molecule has 0 aliphatic rings. The molecular weight excluding hydrogens is 267 g/mol. The lowest BCUT2D eigenvalue weighted by molar-refractivity contribution is 0.300. The first-order chi connectivity index (χ1) is 10.1. The summed E-state index contributed by atoms with van der Waals surface area (Å²) in [6.45, 7) is 2.29. The number of ether oxygens (including phenoxy) is 1. The lowest BCUT2D eigenvalue weighted by atomic mass is 10.1. The summed E-state index contributed by atoms with van der Waals surface area (Å²) in [5.74, 6) is 0.156. The predicted octanol–water partition coefficient (Wildman–Crippen LogP) is 3.64. The molecule has 0 aliphatic heterocycles. The van der Waals surface area contributed by atoms with Gasteiger partial charge in [0.1, 0.15) is 24.0 Å². The summed E-state index contributed by atoms with van der Waals surface area (Å²) >= 11 is 0. The Morgan fingerprint density at radius 1 is 1.19 bits per heavy atom. The number of halogens is 1. The van der Waals surface area contributed by atoms with Crippen LogP contribution < -0.4 is 10.5 Å². The summed E-state index contributed by atoms with van der Waals surface area (Å²) in [4.78, 5) is 0. The van der Waals surface area contributed by atoms with Crippen LogP contribution in [0.15, 0.2) is 42.5 Å². The van der Waals surface area contributed by atoms with Crippen LogP contribution in [0.3, 0.4) is 0 Å². The van der Waals surface area contributed by atoms with Gasteiger partial charge < -0.3 is 10.5 Å². The Morgan fingerprint density at radius 3 is 2.48 bits per heavy atom. The number of nitrogen functional groups attached to an aromatic ring is 1. The summed E-state index contributed by atoms with van der Waals surface area (Å²) in [6, 6.07) is 12.3. The fraction of sp³-hybridized carbons (Fsp3) is 0.235. The molecule has 2 rings (SSSR count). The lowest BCUT2D eigenvalue weighted by Gasteiger charge is -2.09. The van der Waals surface area contributed by atoms with Crippen LogP contribution in [0.4, 0.5) is 4.39 Å². The molecule has 0 spiro atoms. The number of aryl methyl sites for hydroxylation is 1. The SMILES string of the molecule is CCCc1ccc(OCc2ccc(C(=N)N)cc2F)cc1. The van der Waals surface area contributed by atoms with Gasteiger partial charge in [-0.05, 0) is 30.2 Å². The molecule has 2 aromatic carbocycles. The van der Waals surface area contributed by atoms with Gasteiger partial charge in [-0.15, -0.1) is 0 Å². The van der Waals surface area contributed by atoms with Gasteiger partial charge >= 0.3 is 0 Å². The number of rotatable bonds is 6. The maximum atomic E-state index is 13.8. The van der Waals surface area contributed by atoms with Crippen molar-refractivity contribution in [2.75, 3.05) is 0 Å². The lowest BCUT2D eigenvalue weighted by Crippen LogP contribution is -2.12. The minimum Gasteiger partial charge on any atom is -0.489 e. The Bertz CT molecular complexity index is 623. The average molecular weight is 286 g/mol.